The Morgan fingerprint density at radius 1 is 1.30 bits per heavy atom. The largest absolute Gasteiger partial charge is 0.481 e. The Labute approximate surface area is 137 Å². The second-order valence-corrected chi connectivity index (χ2v) is 6.52. The number of aromatic nitrogens is 1. The fraction of sp³-hybridized carbons (Fsp3) is 0.647. The zero-order chi connectivity index (χ0) is 16.1. The highest BCUT2D eigenvalue weighted by Crippen LogP contribution is 2.28. The van der Waals surface area contributed by atoms with E-state index in [1.54, 1.807) is 0 Å². The SMILES string of the molecule is O=C(O)C1CCCN(C(CN2CCNCC2)c2ccncc2)C1. The summed E-state index contributed by atoms with van der Waals surface area (Å²) in [7, 11) is 0. The average molecular weight is 318 g/mol. The van der Waals surface area contributed by atoms with Crippen LogP contribution in [0.1, 0.15) is 24.4 Å². The van der Waals surface area contributed by atoms with Gasteiger partial charge in [-0.1, -0.05) is 0 Å². The van der Waals surface area contributed by atoms with E-state index in [0.717, 1.165) is 52.1 Å². The zero-order valence-corrected chi connectivity index (χ0v) is 13.5. The van der Waals surface area contributed by atoms with Crippen molar-refractivity contribution < 1.29 is 9.90 Å². The molecule has 0 saturated carbocycles. The molecule has 2 fully saturated rings. The molecule has 0 bridgehead atoms. The van der Waals surface area contributed by atoms with Crippen LogP contribution in [-0.4, -0.2) is 71.7 Å². The molecule has 1 aromatic rings. The predicted octanol–water partition coefficient (Wildman–Crippen LogP) is 0.825. The van der Waals surface area contributed by atoms with Gasteiger partial charge in [-0.15, -0.1) is 0 Å². The minimum Gasteiger partial charge on any atom is -0.481 e. The van der Waals surface area contributed by atoms with Gasteiger partial charge in [0.15, 0.2) is 0 Å². The summed E-state index contributed by atoms with van der Waals surface area (Å²) in [4.78, 5) is 20.4. The number of hydrogen-bond acceptors (Lipinski definition) is 5. The zero-order valence-electron chi connectivity index (χ0n) is 13.5. The fourth-order valence-electron chi connectivity index (χ4n) is 3.65. The topological polar surface area (TPSA) is 68.7 Å². The van der Waals surface area contributed by atoms with Crippen molar-refractivity contribution in [2.24, 2.45) is 5.92 Å². The molecule has 3 heterocycles. The molecule has 6 heteroatoms. The van der Waals surface area contributed by atoms with Gasteiger partial charge >= 0.3 is 5.97 Å². The van der Waals surface area contributed by atoms with Crippen LogP contribution in [0.4, 0.5) is 0 Å². The van der Waals surface area contributed by atoms with Gasteiger partial charge in [0, 0.05) is 57.7 Å². The van der Waals surface area contributed by atoms with Gasteiger partial charge in [0.05, 0.1) is 5.92 Å². The number of pyridine rings is 1. The Kier molecular flexibility index (Phi) is 5.59. The van der Waals surface area contributed by atoms with Crippen LogP contribution in [0, 0.1) is 5.92 Å². The fourth-order valence-corrected chi connectivity index (χ4v) is 3.65. The van der Waals surface area contributed by atoms with Crippen molar-refractivity contribution in [3.8, 4) is 0 Å². The Bertz CT molecular complexity index is 505. The third-order valence-corrected chi connectivity index (χ3v) is 4.97. The van der Waals surface area contributed by atoms with Crippen molar-refractivity contribution in [3.05, 3.63) is 30.1 Å². The number of carbonyl (C=O) groups is 1. The number of piperidine rings is 1. The van der Waals surface area contributed by atoms with Crippen molar-refractivity contribution in [2.75, 3.05) is 45.8 Å². The minimum atomic E-state index is -0.662. The Hall–Kier alpha value is -1.50. The van der Waals surface area contributed by atoms with E-state index in [1.807, 2.05) is 12.4 Å². The molecule has 2 aliphatic heterocycles. The number of piperazine rings is 1. The van der Waals surface area contributed by atoms with Gasteiger partial charge in [-0.2, -0.15) is 0 Å². The van der Waals surface area contributed by atoms with Crippen LogP contribution in [0.15, 0.2) is 24.5 Å². The maximum absolute atomic E-state index is 11.4. The van der Waals surface area contributed by atoms with E-state index < -0.39 is 5.97 Å². The number of likely N-dealkylation sites (tertiary alicyclic amines) is 1. The van der Waals surface area contributed by atoms with E-state index in [2.05, 4.69) is 32.2 Å². The molecule has 2 N–H and O–H groups in total. The van der Waals surface area contributed by atoms with Gasteiger partial charge in [0.2, 0.25) is 0 Å². The highest BCUT2D eigenvalue weighted by Gasteiger charge is 2.31. The number of hydrogen-bond donors (Lipinski definition) is 2. The average Bonchev–Trinajstić information content (AvgIpc) is 2.61. The highest BCUT2D eigenvalue weighted by atomic mass is 16.4. The maximum Gasteiger partial charge on any atom is 0.307 e. The summed E-state index contributed by atoms with van der Waals surface area (Å²) in [5.74, 6) is -0.901. The molecule has 0 amide bonds. The van der Waals surface area contributed by atoms with Crippen molar-refractivity contribution in [2.45, 2.75) is 18.9 Å². The smallest absolute Gasteiger partial charge is 0.307 e. The molecule has 1 aromatic heterocycles. The van der Waals surface area contributed by atoms with Crippen LogP contribution < -0.4 is 5.32 Å². The molecule has 3 rings (SSSR count). The van der Waals surface area contributed by atoms with Crippen LogP contribution in [0.25, 0.3) is 0 Å². The van der Waals surface area contributed by atoms with Gasteiger partial charge in [-0.25, -0.2) is 0 Å². The molecule has 6 nitrogen and oxygen atoms in total. The molecule has 2 unspecified atom stereocenters. The van der Waals surface area contributed by atoms with E-state index in [1.165, 1.54) is 5.56 Å². The quantitative estimate of drug-likeness (QED) is 0.838. The van der Waals surface area contributed by atoms with Gasteiger partial charge in [0.25, 0.3) is 0 Å². The number of nitrogens with zero attached hydrogens (tertiary/aromatic N) is 3. The van der Waals surface area contributed by atoms with E-state index in [0.29, 0.717) is 6.54 Å². The van der Waals surface area contributed by atoms with Crippen molar-refractivity contribution in [1.82, 2.24) is 20.1 Å². The molecule has 126 valence electrons. The first kappa shape index (κ1) is 16.4. The highest BCUT2D eigenvalue weighted by molar-refractivity contribution is 5.70. The summed E-state index contributed by atoms with van der Waals surface area (Å²) in [6, 6.07) is 4.38. The minimum absolute atomic E-state index is 0.240. The van der Waals surface area contributed by atoms with Crippen molar-refractivity contribution >= 4 is 5.97 Å². The summed E-state index contributed by atoms with van der Waals surface area (Å²) >= 11 is 0. The molecule has 0 radical (unpaired) electrons. The van der Waals surface area contributed by atoms with E-state index in [-0.39, 0.29) is 12.0 Å². The summed E-state index contributed by atoms with van der Waals surface area (Å²) < 4.78 is 0. The number of aliphatic carboxylic acids is 1. The molecule has 0 aliphatic carbocycles. The molecule has 2 aliphatic rings. The molecular weight excluding hydrogens is 292 g/mol. The molecule has 23 heavy (non-hydrogen) atoms. The monoisotopic (exact) mass is 318 g/mol. The number of carboxylic acids is 1. The van der Waals surface area contributed by atoms with E-state index in [4.69, 9.17) is 0 Å². The molecule has 2 saturated heterocycles. The lowest BCUT2D eigenvalue weighted by molar-refractivity contribution is -0.144. The van der Waals surface area contributed by atoms with Crippen LogP contribution >= 0.6 is 0 Å². The number of rotatable bonds is 5. The molecule has 2 atom stereocenters. The van der Waals surface area contributed by atoms with Gasteiger partial charge in [0.1, 0.15) is 0 Å². The van der Waals surface area contributed by atoms with E-state index >= 15 is 0 Å². The Morgan fingerprint density at radius 3 is 2.74 bits per heavy atom. The lowest BCUT2D eigenvalue weighted by atomic mass is 9.95. The first-order chi connectivity index (χ1) is 11.2. The summed E-state index contributed by atoms with van der Waals surface area (Å²) in [5.41, 5.74) is 1.24. The van der Waals surface area contributed by atoms with Gasteiger partial charge < -0.3 is 10.4 Å². The summed E-state index contributed by atoms with van der Waals surface area (Å²) in [6.07, 6.45) is 5.42. The van der Waals surface area contributed by atoms with Crippen LogP contribution in [-0.2, 0) is 4.79 Å². The third kappa shape index (κ3) is 4.28. The van der Waals surface area contributed by atoms with Crippen LogP contribution in [0.3, 0.4) is 0 Å². The van der Waals surface area contributed by atoms with Gasteiger partial charge in [-0.3, -0.25) is 19.6 Å². The lowest BCUT2D eigenvalue weighted by Crippen LogP contribution is -2.49. The summed E-state index contributed by atoms with van der Waals surface area (Å²) in [5, 5.41) is 12.8. The molecule has 0 spiro atoms. The standard InChI is InChI=1S/C17H26N4O2/c22-17(23)15-2-1-9-21(12-15)16(14-3-5-18-6-4-14)13-20-10-7-19-8-11-20/h3-6,15-16,19H,1-2,7-13H2,(H,22,23). The van der Waals surface area contributed by atoms with Crippen LogP contribution in [0.2, 0.25) is 0 Å². The Morgan fingerprint density at radius 2 is 2.04 bits per heavy atom. The van der Waals surface area contributed by atoms with Crippen LogP contribution in [0.5, 0.6) is 0 Å². The number of carboxylic acid groups (broad SMARTS) is 1. The second kappa shape index (κ2) is 7.86. The predicted molar refractivity (Wildman–Crippen MR) is 88.2 cm³/mol. The summed E-state index contributed by atoms with van der Waals surface area (Å²) in [6.45, 7) is 6.74. The van der Waals surface area contributed by atoms with Crippen molar-refractivity contribution in [3.63, 3.8) is 0 Å². The van der Waals surface area contributed by atoms with E-state index in [9.17, 15) is 9.90 Å². The maximum atomic E-state index is 11.4. The molecular formula is C17H26N4O2. The first-order valence-electron chi connectivity index (χ1n) is 8.54. The van der Waals surface area contributed by atoms with Gasteiger partial charge in [-0.05, 0) is 37.1 Å². The molecule has 0 aromatic carbocycles. The normalized spacial score (nSPS) is 25.1. The Balaban J connectivity index is 1.75. The second-order valence-electron chi connectivity index (χ2n) is 6.52. The van der Waals surface area contributed by atoms with Crippen molar-refractivity contribution in [1.29, 1.82) is 0 Å². The lowest BCUT2D eigenvalue weighted by Gasteiger charge is -2.40. The number of nitrogens with one attached hydrogen (secondary N) is 1. The third-order valence-electron chi connectivity index (χ3n) is 4.97. The first-order valence-corrected chi connectivity index (χ1v) is 8.54.